The molecule has 2 aromatic rings. The highest BCUT2D eigenvalue weighted by Gasteiger charge is 2.16. The molecule has 0 saturated heterocycles. The molecule has 0 amide bonds. The molecule has 0 aromatic carbocycles. The van der Waals surface area contributed by atoms with Crippen LogP contribution in [0.15, 0.2) is 24.8 Å². The Morgan fingerprint density at radius 2 is 2.35 bits per heavy atom. The van der Waals surface area contributed by atoms with E-state index >= 15 is 0 Å². The third-order valence-electron chi connectivity index (χ3n) is 2.36. The van der Waals surface area contributed by atoms with E-state index in [1.54, 1.807) is 6.20 Å². The fraction of sp³-hybridized carbons (Fsp3) is 0.364. The summed E-state index contributed by atoms with van der Waals surface area (Å²) < 4.78 is 13.2. The van der Waals surface area contributed by atoms with Gasteiger partial charge in [-0.3, -0.25) is 10.1 Å². The van der Waals surface area contributed by atoms with E-state index in [1.165, 1.54) is 18.6 Å². The largest absolute Gasteiger partial charge is 0.304 e. The summed E-state index contributed by atoms with van der Waals surface area (Å²) in [5.74, 6) is 0.302. The quantitative estimate of drug-likeness (QED) is 0.822. The second-order valence-corrected chi connectivity index (χ2v) is 3.69. The van der Waals surface area contributed by atoms with Crippen LogP contribution in [-0.2, 0) is 0 Å². The maximum Gasteiger partial charge on any atom is 0.146 e. The topological polar surface area (TPSA) is 66.5 Å². The molecule has 17 heavy (non-hydrogen) atoms. The standard InChI is InChI=1S/C11H14FN5/c1-2-3-14-10(11-15-7-16-17-11)8-4-9(12)6-13-5-8/h4-7,10,14H,2-3H2,1H3,(H,15,16,17). The maximum absolute atomic E-state index is 13.2. The van der Waals surface area contributed by atoms with Gasteiger partial charge in [-0.15, -0.1) is 0 Å². The summed E-state index contributed by atoms with van der Waals surface area (Å²) in [5.41, 5.74) is 0.732. The molecule has 1 atom stereocenters. The summed E-state index contributed by atoms with van der Waals surface area (Å²) in [7, 11) is 0. The van der Waals surface area contributed by atoms with Crippen molar-refractivity contribution in [2.75, 3.05) is 6.54 Å². The predicted octanol–water partition coefficient (Wildman–Crippen LogP) is 1.43. The highest BCUT2D eigenvalue weighted by Crippen LogP contribution is 2.18. The van der Waals surface area contributed by atoms with Crippen LogP contribution in [0.2, 0.25) is 0 Å². The molecule has 5 nitrogen and oxygen atoms in total. The Morgan fingerprint density at radius 3 is 3.00 bits per heavy atom. The molecule has 0 aliphatic heterocycles. The van der Waals surface area contributed by atoms with Crippen molar-refractivity contribution in [3.63, 3.8) is 0 Å². The Balaban J connectivity index is 2.27. The summed E-state index contributed by atoms with van der Waals surface area (Å²) in [6, 6.07) is 1.24. The lowest BCUT2D eigenvalue weighted by molar-refractivity contribution is 0.561. The average molecular weight is 235 g/mol. The Kier molecular flexibility index (Phi) is 3.77. The molecule has 1 unspecified atom stereocenters. The number of nitrogens with zero attached hydrogens (tertiary/aromatic N) is 3. The number of hydrogen-bond acceptors (Lipinski definition) is 4. The number of nitrogens with one attached hydrogen (secondary N) is 2. The molecule has 0 aliphatic carbocycles. The monoisotopic (exact) mass is 235 g/mol. The Bertz CT molecular complexity index is 457. The molecule has 90 valence electrons. The van der Waals surface area contributed by atoms with Crippen LogP contribution in [0, 0.1) is 5.82 Å². The second kappa shape index (κ2) is 5.49. The minimum Gasteiger partial charge on any atom is -0.304 e. The number of halogens is 1. The second-order valence-electron chi connectivity index (χ2n) is 3.69. The first-order valence-electron chi connectivity index (χ1n) is 5.50. The van der Waals surface area contributed by atoms with E-state index < -0.39 is 0 Å². The molecule has 0 saturated carbocycles. The number of pyridine rings is 1. The Hall–Kier alpha value is -1.82. The maximum atomic E-state index is 13.2. The minimum atomic E-state index is -0.356. The molecular weight excluding hydrogens is 221 g/mol. The van der Waals surface area contributed by atoms with Crippen molar-refractivity contribution < 1.29 is 4.39 Å². The molecular formula is C11H14FN5. The Labute approximate surface area is 98.5 Å². The van der Waals surface area contributed by atoms with Gasteiger partial charge in [-0.25, -0.2) is 9.37 Å². The number of hydrogen-bond donors (Lipinski definition) is 2. The summed E-state index contributed by atoms with van der Waals surface area (Å²) >= 11 is 0. The van der Waals surface area contributed by atoms with Gasteiger partial charge in [-0.1, -0.05) is 6.92 Å². The van der Waals surface area contributed by atoms with Crippen LogP contribution in [0.1, 0.15) is 30.8 Å². The first-order valence-corrected chi connectivity index (χ1v) is 5.50. The molecule has 2 N–H and O–H groups in total. The van der Waals surface area contributed by atoms with Gasteiger partial charge in [0.05, 0.1) is 12.2 Å². The first kappa shape index (κ1) is 11.7. The van der Waals surface area contributed by atoms with Crippen molar-refractivity contribution in [2.45, 2.75) is 19.4 Å². The van der Waals surface area contributed by atoms with Crippen molar-refractivity contribution in [1.29, 1.82) is 0 Å². The molecule has 0 aliphatic rings. The van der Waals surface area contributed by atoms with Crippen molar-refractivity contribution >= 4 is 0 Å². The van der Waals surface area contributed by atoms with E-state index in [-0.39, 0.29) is 11.9 Å². The van der Waals surface area contributed by atoms with Crippen molar-refractivity contribution in [1.82, 2.24) is 25.5 Å². The van der Waals surface area contributed by atoms with Crippen LogP contribution in [-0.4, -0.2) is 26.7 Å². The normalized spacial score (nSPS) is 12.6. The van der Waals surface area contributed by atoms with Gasteiger partial charge in [-0.2, -0.15) is 5.10 Å². The van der Waals surface area contributed by atoms with Crippen molar-refractivity contribution in [2.24, 2.45) is 0 Å². The van der Waals surface area contributed by atoms with Gasteiger partial charge in [-0.05, 0) is 24.6 Å². The molecule has 2 rings (SSSR count). The van der Waals surface area contributed by atoms with Crippen LogP contribution < -0.4 is 5.32 Å². The van der Waals surface area contributed by atoms with E-state index in [0.29, 0.717) is 5.82 Å². The highest BCUT2D eigenvalue weighted by molar-refractivity contribution is 5.21. The predicted molar refractivity (Wildman–Crippen MR) is 60.7 cm³/mol. The summed E-state index contributed by atoms with van der Waals surface area (Å²) in [6.07, 6.45) is 5.22. The van der Waals surface area contributed by atoms with E-state index in [4.69, 9.17) is 0 Å². The van der Waals surface area contributed by atoms with E-state index in [0.717, 1.165) is 18.5 Å². The van der Waals surface area contributed by atoms with Crippen molar-refractivity contribution in [3.8, 4) is 0 Å². The van der Waals surface area contributed by atoms with Gasteiger partial charge in [0.1, 0.15) is 18.0 Å². The van der Waals surface area contributed by atoms with E-state index in [1.807, 2.05) is 0 Å². The zero-order chi connectivity index (χ0) is 12.1. The van der Waals surface area contributed by atoms with Crippen LogP contribution in [0.25, 0.3) is 0 Å². The molecule has 2 aromatic heterocycles. The van der Waals surface area contributed by atoms with Crippen LogP contribution in [0.5, 0.6) is 0 Å². The van der Waals surface area contributed by atoms with Gasteiger partial charge in [0, 0.05) is 6.20 Å². The van der Waals surface area contributed by atoms with E-state index in [2.05, 4.69) is 32.4 Å². The van der Waals surface area contributed by atoms with Gasteiger partial charge in [0.2, 0.25) is 0 Å². The summed E-state index contributed by atoms with van der Waals surface area (Å²) in [4.78, 5) is 7.94. The van der Waals surface area contributed by atoms with Gasteiger partial charge < -0.3 is 5.32 Å². The zero-order valence-corrected chi connectivity index (χ0v) is 9.52. The molecule has 0 radical (unpaired) electrons. The van der Waals surface area contributed by atoms with Crippen LogP contribution in [0.3, 0.4) is 0 Å². The number of aromatic amines is 1. The summed E-state index contributed by atoms with van der Waals surface area (Å²) in [6.45, 7) is 2.87. The van der Waals surface area contributed by atoms with E-state index in [9.17, 15) is 4.39 Å². The lowest BCUT2D eigenvalue weighted by Crippen LogP contribution is -2.24. The van der Waals surface area contributed by atoms with Gasteiger partial charge in [0.25, 0.3) is 0 Å². The fourth-order valence-corrected chi connectivity index (χ4v) is 1.60. The lowest BCUT2D eigenvalue weighted by atomic mass is 10.1. The molecule has 2 heterocycles. The average Bonchev–Trinajstić information content (AvgIpc) is 2.83. The van der Waals surface area contributed by atoms with Crippen LogP contribution in [0.4, 0.5) is 4.39 Å². The lowest BCUT2D eigenvalue weighted by Gasteiger charge is -2.15. The first-order chi connectivity index (χ1) is 8.31. The third kappa shape index (κ3) is 2.85. The fourth-order valence-electron chi connectivity index (χ4n) is 1.60. The third-order valence-corrected chi connectivity index (χ3v) is 2.36. The zero-order valence-electron chi connectivity index (χ0n) is 9.52. The SMILES string of the molecule is CCCNC(c1cncc(F)c1)c1ncn[nH]1. The van der Waals surface area contributed by atoms with Crippen molar-refractivity contribution in [3.05, 3.63) is 42.0 Å². The van der Waals surface area contributed by atoms with Gasteiger partial charge >= 0.3 is 0 Å². The number of rotatable bonds is 5. The van der Waals surface area contributed by atoms with Gasteiger partial charge in [0.15, 0.2) is 0 Å². The highest BCUT2D eigenvalue weighted by atomic mass is 19.1. The smallest absolute Gasteiger partial charge is 0.146 e. The molecule has 0 fully saturated rings. The molecule has 0 spiro atoms. The summed E-state index contributed by atoms with van der Waals surface area (Å²) in [5, 5.41) is 9.87. The van der Waals surface area contributed by atoms with Crippen LogP contribution >= 0.6 is 0 Å². The Morgan fingerprint density at radius 1 is 1.47 bits per heavy atom. The molecule has 6 heteroatoms. The number of H-pyrrole nitrogens is 1. The minimum absolute atomic E-state index is 0.208. The molecule has 0 bridgehead atoms. The number of aromatic nitrogens is 4.